The molecule has 1 aromatic heterocycles. The van der Waals surface area contributed by atoms with E-state index in [9.17, 15) is 19.2 Å². The Hall–Kier alpha value is -3.91. The van der Waals surface area contributed by atoms with Crippen LogP contribution in [-0.4, -0.2) is 101 Å². The van der Waals surface area contributed by atoms with Crippen molar-refractivity contribution in [1.29, 1.82) is 0 Å². The number of rotatable bonds is 12. The van der Waals surface area contributed by atoms with Crippen molar-refractivity contribution in [1.82, 2.24) is 30.7 Å². The summed E-state index contributed by atoms with van der Waals surface area (Å²) in [6.45, 7) is 11.9. The van der Waals surface area contributed by atoms with Gasteiger partial charge in [-0.15, -0.1) is 0 Å². The molecule has 0 radical (unpaired) electrons. The Morgan fingerprint density at radius 1 is 0.960 bits per heavy atom. The number of nitrogens with zero attached hydrogens (tertiary/aromatic N) is 4. The Bertz CT molecular complexity index is 1480. The van der Waals surface area contributed by atoms with Gasteiger partial charge in [0.25, 0.3) is 5.91 Å². The number of morpholine rings is 1. The highest BCUT2D eigenvalue weighted by molar-refractivity contribution is 6.01. The summed E-state index contributed by atoms with van der Waals surface area (Å²) in [5.74, 6) is -2.41. The molecule has 5 rings (SSSR count). The van der Waals surface area contributed by atoms with Crippen molar-refractivity contribution in [2.75, 3.05) is 44.7 Å². The van der Waals surface area contributed by atoms with Crippen LogP contribution in [0.5, 0.6) is 0 Å². The monoisotopic (exact) mass is 697 g/mol. The predicted octanol–water partition coefficient (Wildman–Crippen LogP) is 3.66. The van der Waals surface area contributed by atoms with Crippen LogP contribution >= 0.6 is 0 Å². The number of hydrogen-bond donors (Lipinski definition) is 3. The number of amides is 4. The molecule has 274 valence electrons. The smallest absolute Gasteiger partial charge is 0.276 e. The maximum atomic E-state index is 15.8. The van der Waals surface area contributed by atoms with E-state index < -0.39 is 35.6 Å². The lowest BCUT2D eigenvalue weighted by molar-refractivity contribution is -0.138. The van der Waals surface area contributed by atoms with E-state index in [-0.39, 0.29) is 35.5 Å². The third-order valence-electron chi connectivity index (χ3n) is 10.7. The fraction of sp³-hybridized carbons (Fsp3) is 0.667. The number of carbonyl (C=O) groups excluding carboxylic acids is 4. The van der Waals surface area contributed by atoms with Gasteiger partial charge in [-0.05, 0) is 66.8 Å². The van der Waals surface area contributed by atoms with Gasteiger partial charge in [0, 0.05) is 44.6 Å². The zero-order valence-corrected chi connectivity index (χ0v) is 29.7. The average Bonchev–Trinajstić information content (AvgIpc) is 3.63. The van der Waals surface area contributed by atoms with Gasteiger partial charge in [-0.2, -0.15) is 0 Å². The summed E-state index contributed by atoms with van der Waals surface area (Å²) >= 11 is 0. The second-order valence-electron chi connectivity index (χ2n) is 14.0. The van der Waals surface area contributed by atoms with Gasteiger partial charge in [-0.3, -0.25) is 24.1 Å². The molecule has 3 heterocycles. The van der Waals surface area contributed by atoms with Crippen LogP contribution in [0.2, 0.25) is 0 Å². The molecule has 3 N–H and O–H groups in total. The van der Waals surface area contributed by atoms with Crippen molar-refractivity contribution in [2.24, 2.45) is 11.8 Å². The molecule has 0 spiro atoms. The molecule has 1 aromatic carbocycles. The minimum absolute atomic E-state index is 0.0275. The summed E-state index contributed by atoms with van der Waals surface area (Å²) in [6.07, 6.45) is 5.62. The molecule has 3 aliphatic rings. The summed E-state index contributed by atoms with van der Waals surface area (Å²) in [5.41, 5.74) is 0.881. The highest BCUT2D eigenvalue weighted by atomic mass is 19.1. The molecule has 50 heavy (non-hydrogen) atoms. The average molecular weight is 698 g/mol. The number of nitrogens with one attached hydrogen (secondary N) is 3. The Balaban J connectivity index is 1.28. The molecular weight excluding hydrogens is 645 g/mol. The number of benzene rings is 1. The van der Waals surface area contributed by atoms with E-state index in [2.05, 4.69) is 38.1 Å². The van der Waals surface area contributed by atoms with Gasteiger partial charge >= 0.3 is 0 Å². The zero-order chi connectivity index (χ0) is 35.8. The highest BCUT2D eigenvalue weighted by Gasteiger charge is 2.36. The fourth-order valence-electron chi connectivity index (χ4n) is 7.42. The lowest BCUT2D eigenvalue weighted by Gasteiger charge is -2.41. The molecule has 3 atom stereocenters. The van der Waals surface area contributed by atoms with Crippen LogP contribution in [0.4, 0.5) is 10.1 Å². The molecule has 0 bridgehead atoms. The van der Waals surface area contributed by atoms with Gasteiger partial charge in [0.15, 0.2) is 5.69 Å². The molecule has 0 unspecified atom stereocenters. The Morgan fingerprint density at radius 3 is 2.30 bits per heavy atom. The van der Waals surface area contributed by atoms with E-state index in [1.807, 2.05) is 6.92 Å². The second kappa shape index (κ2) is 17.3. The Morgan fingerprint density at radius 2 is 1.66 bits per heavy atom. The second-order valence-corrected chi connectivity index (χ2v) is 14.0. The summed E-state index contributed by atoms with van der Waals surface area (Å²) in [7, 11) is 0. The van der Waals surface area contributed by atoms with Crippen LogP contribution in [-0.2, 0) is 25.5 Å². The standard InChI is InChI=1S/C36H52FN7O6/c1-5-28-33(42-50-41-28)35(47)40-32(24-9-7-22(3)8-10-24)34(46)38-29-12-11-25(21-27(29)37)23(4)31(39-30(45)6-2)36(48)44-15-13-26(14-16-44)43-17-19-49-20-18-43/h11-12,21-24,26,31-32H,5-10,13-20H2,1-4H3,(H,38,46)(H,39,45)(H,40,47)/t22?,23-,24?,31+,32-/m0/s1. The van der Waals surface area contributed by atoms with Crippen LogP contribution in [0.25, 0.3) is 0 Å². The number of piperidine rings is 1. The van der Waals surface area contributed by atoms with E-state index in [0.29, 0.717) is 42.7 Å². The first-order chi connectivity index (χ1) is 24.1. The third kappa shape index (κ3) is 9.05. The number of likely N-dealkylation sites (tertiary alicyclic amines) is 1. The number of hydrogen-bond acceptors (Lipinski definition) is 9. The van der Waals surface area contributed by atoms with Crippen molar-refractivity contribution in [2.45, 2.75) is 103 Å². The topological polar surface area (TPSA) is 159 Å². The largest absolute Gasteiger partial charge is 0.379 e. The first-order valence-electron chi connectivity index (χ1n) is 18.2. The molecule has 4 amide bonds. The highest BCUT2D eigenvalue weighted by Crippen LogP contribution is 2.32. The van der Waals surface area contributed by atoms with Crippen molar-refractivity contribution < 1.29 is 32.9 Å². The Kier molecular flexibility index (Phi) is 13.0. The molecule has 2 aromatic rings. The van der Waals surface area contributed by atoms with Crippen molar-refractivity contribution in [3.8, 4) is 0 Å². The molecule has 3 fully saturated rings. The van der Waals surface area contributed by atoms with Crippen molar-refractivity contribution in [3.63, 3.8) is 0 Å². The van der Waals surface area contributed by atoms with Crippen molar-refractivity contribution in [3.05, 3.63) is 41.0 Å². The molecular formula is C36H52FN7O6. The number of ether oxygens (including phenoxy) is 1. The summed E-state index contributed by atoms with van der Waals surface area (Å²) < 4.78 is 26.0. The van der Waals surface area contributed by atoms with E-state index in [1.165, 1.54) is 12.1 Å². The molecule has 14 heteroatoms. The lowest BCUT2D eigenvalue weighted by Crippen LogP contribution is -2.55. The number of aryl methyl sites for hydroxylation is 1. The maximum absolute atomic E-state index is 15.8. The van der Waals surface area contributed by atoms with E-state index in [4.69, 9.17) is 9.37 Å². The fourth-order valence-corrected chi connectivity index (χ4v) is 7.42. The first-order valence-corrected chi connectivity index (χ1v) is 18.2. The van der Waals surface area contributed by atoms with Gasteiger partial charge in [0.2, 0.25) is 17.7 Å². The summed E-state index contributed by atoms with van der Waals surface area (Å²) in [4.78, 5) is 57.6. The Labute approximate surface area is 293 Å². The van der Waals surface area contributed by atoms with Gasteiger partial charge in [-0.25, -0.2) is 9.02 Å². The minimum atomic E-state index is -0.923. The first kappa shape index (κ1) is 37.3. The third-order valence-corrected chi connectivity index (χ3v) is 10.7. The molecule has 2 saturated heterocycles. The van der Waals surface area contributed by atoms with Crippen LogP contribution in [0, 0.1) is 17.7 Å². The van der Waals surface area contributed by atoms with Crippen LogP contribution < -0.4 is 16.0 Å². The van der Waals surface area contributed by atoms with E-state index >= 15 is 4.39 Å². The number of aromatic nitrogens is 2. The zero-order valence-electron chi connectivity index (χ0n) is 29.7. The number of anilines is 1. The van der Waals surface area contributed by atoms with Crippen molar-refractivity contribution >= 4 is 29.3 Å². The minimum Gasteiger partial charge on any atom is -0.379 e. The predicted molar refractivity (Wildman–Crippen MR) is 184 cm³/mol. The quantitative estimate of drug-likeness (QED) is 0.301. The molecule has 2 aliphatic heterocycles. The normalized spacial score (nSPS) is 22.3. The molecule has 1 saturated carbocycles. The van der Waals surface area contributed by atoms with Crippen LogP contribution in [0.1, 0.15) is 100 Å². The van der Waals surface area contributed by atoms with Gasteiger partial charge < -0.3 is 25.6 Å². The molecule has 1 aliphatic carbocycles. The number of halogens is 1. The van der Waals surface area contributed by atoms with Gasteiger partial charge in [0.1, 0.15) is 23.6 Å². The van der Waals surface area contributed by atoms with Gasteiger partial charge in [0.05, 0.1) is 18.9 Å². The van der Waals surface area contributed by atoms with Gasteiger partial charge in [-0.1, -0.05) is 51.8 Å². The van der Waals surface area contributed by atoms with E-state index in [0.717, 1.165) is 64.8 Å². The summed E-state index contributed by atoms with van der Waals surface area (Å²) in [5, 5.41) is 15.9. The van der Waals surface area contributed by atoms with E-state index in [1.54, 1.807) is 24.8 Å². The number of carbonyl (C=O) groups is 4. The SMILES string of the molecule is CCC(=O)N[C@@H](C(=O)N1CCC(N2CCOCC2)CC1)[C@@H](C)c1ccc(NC(=O)[C@@H](NC(=O)c2nonc2CC)C2CCC(C)CC2)c(F)c1. The lowest BCUT2D eigenvalue weighted by atomic mass is 9.79. The molecule has 13 nitrogen and oxygen atoms in total. The van der Waals surface area contributed by atoms with Crippen LogP contribution in [0.3, 0.4) is 0 Å². The summed E-state index contributed by atoms with van der Waals surface area (Å²) in [6, 6.07) is 3.02. The maximum Gasteiger partial charge on any atom is 0.276 e. The van der Waals surface area contributed by atoms with Crippen LogP contribution in [0.15, 0.2) is 22.8 Å².